The third kappa shape index (κ3) is 4.05. The quantitative estimate of drug-likeness (QED) is 0.374. The molecule has 38 heavy (non-hydrogen) atoms. The molecule has 0 unspecified atom stereocenters. The summed E-state index contributed by atoms with van der Waals surface area (Å²) in [5.41, 5.74) is 1.09. The summed E-state index contributed by atoms with van der Waals surface area (Å²) < 4.78 is 1.13. The number of carbonyl (C=O) groups is 2. The number of fused-ring (bicyclic) bond motifs is 2. The van der Waals surface area contributed by atoms with Crippen molar-refractivity contribution >= 4 is 56.7 Å². The van der Waals surface area contributed by atoms with Crippen molar-refractivity contribution in [2.45, 2.75) is 0 Å². The van der Waals surface area contributed by atoms with Crippen LogP contribution in [0.15, 0.2) is 88.5 Å². The number of hydrogen-bond donors (Lipinski definition) is 1. The fraction of sp³-hybridized carbons (Fsp3) is 0.0370. The highest BCUT2D eigenvalue weighted by Crippen LogP contribution is 2.35. The molecule has 1 aliphatic rings. The van der Waals surface area contributed by atoms with Gasteiger partial charge in [0, 0.05) is 21.8 Å². The Bertz CT molecular complexity index is 1920. The van der Waals surface area contributed by atoms with Gasteiger partial charge >= 0.3 is 5.56 Å². The summed E-state index contributed by atoms with van der Waals surface area (Å²) in [7, 11) is 0. The second kappa shape index (κ2) is 9.33. The van der Waals surface area contributed by atoms with Gasteiger partial charge in [0.1, 0.15) is 11.1 Å². The lowest BCUT2D eigenvalue weighted by atomic mass is 10.1. The molecule has 0 aliphatic carbocycles. The van der Waals surface area contributed by atoms with Gasteiger partial charge in [-0.3, -0.25) is 24.1 Å². The average Bonchev–Trinajstić information content (AvgIpc) is 3.37. The maximum atomic E-state index is 13.6. The molecule has 3 heterocycles. The van der Waals surface area contributed by atoms with Crippen molar-refractivity contribution < 1.29 is 9.59 Å². The molecule has 1 N–H and O–H groups in total. The van der Waals surface area contributed by atoms with Crippen molar-refractivity contribution in [2.75, 3.05) is 16.8 Å². The number of halogens is 1. The lowest BCUT2D eigenvalue weighted by Crippen LogP contribution is -2.37. The standard InChI is InChI=1S/C27H16ClN5O4S/c28-16-10-12-17(13-11-16)29-20(34)14-32-19-9-5-4-8-18(19)21(25(32)36)23-26(37)33-27(38-23)30-24(35)22(31-33)15-6-2-1-3-7-15/h1-13H,14H2,(H,29,34)/b23-21-. The molecule has 0 atom stereocenters. The van der Waals surface area contributed by atoms with Crippen molar-refractivity contribution in [3.8, 4) is 11.3 Å². The number of thiazole rings is 1. The topological polar surface area (TPSA) is 114 Å². The van der Waals surface area contributed by atoms with Crippen LogP contribution in [0.5, 0.6) is 0 Å². The van der Waals surface area contributed by atoms with E-state index in [9.17, 15) is 19.2 Å². The van der Waals surface area contributed by atoms with Crippen LogP contribution in [0.3, 0.4) is 0 Å². The molecule has 6 rings (SSSR count). The fourth-order valence-electron chi connectivity index (χ4n) is 4.27. The zero-order valence-corrected chi connectivity index (χ0v) is 21.0. The summed E-state index contributed by atoms with van der Waals surface area (Å²) in [6, 6.07) is 22.2. The van der Waals surface area contributed by atoms with E-state index in [1.54, 1.807) is 78.9 Å². The van der Waals surface area contributed by atoms with Crippen LogP contribution in [-0.2, 0) is 9.59 Å². The summed E-state index contributed by atoms with van der Waals surface area (Å²) in [5, 5.41) is 7.54. The summed E-state index contributed by atoms with van der Waals surface area (Å²) in [6.07, 6.45) is 0. The predicted octanol–water partition coefficient (Wildman–Crippen LogP) is 2.73. The molecule has 2 amide bonds. The predicted molar refractivity (Wildman–Crippen MR) is 145 cm³/mol. The van der Waals surface area contributed by atoms with E-state index in [0.717, 1.165) is 15.9 Å². The minimum Gasteiger partial charge on any atom is -0.325 e. The van der Waals surface area contributed by atoms with Crippen molar-refractivity contribution in [3.05, 3.63) is 115 Å². The second-order valence-corrected chi connectivity index (χ2v) is 9.81. The SMILES string of the molecule is O=C(CN1C(=O)/C(=c2\sc3nc(=O)c(-c4ccccc4)nn3c2=O)c2ccccc21)Nc1ccc(Cl)cc1. The Hall–Kier alpha value is -4.67. The highest BCUT2D eigenvalue weighted by Gasteiger charge is 2.35. The first-order valence-corrected chi connectivity index (χ1v) is 12.6. The molecule has 3 aromatic carbocycles. The van der Waals surface area contributed by atoms with Crippen LogP contribution in [0, 0.1) is 0 Å². The molecule has 11 heteroatoms. The maximum Gasteiger partial charge on any atom is 0.300 e. The number of nitrogens with zero attached hydrogens (tertiary/aromatic N) is 4. The van der Waals surface area contributed by atoms with Gasteiger partial charge in [0.05, 0.1) is 11.3 Å². The van der Waals surface area contributed by atoms with E-state index in [2.05, 4.69) is 15.4 Å². The molecule has 0 fully saturated rings. The smallest absolute Gasteiger partial charge is 0.300 e. The summed E-state index contributed by atoms with van der Waals surface area (Å²) in [6.45, 7) is -0.270. The van der Waals surface area contributed by atoms with E-state index in [1.165, 1.54) is 4.90 Å². The number of rotatable bonds is 4. The van der Waals surface area contributed by atoms with E-state index in [1.807, 2.05) is 0 Å². The molecule has 5 aromatic rings. The van der Waals surface area contributed by atoms with Gasteiger partial charge in [-0.25, -0.2) is 0 Å². The number of benzene rings is 3. The average molecular weight is 542 g/mol. The van der Waals surface area contributed by atoms with Gasteiger partial charge in [0.2, 0.25) is 10.9 Å². The summed E-state index contributed by atoms with van der Waals surface area (Å²) in [4.78, 5) is 58.0. The number of anilines is 2. The van der Waals surface area contributed by atoms with Crippen LogP contribution in [0.1, 0.15) is 5.56 Å². The molecule has 0 bridgehead atoms. The van der Waals surface area contributed by atoms with Gasteiger partial charge in [-0.05, 0) is 30.3 Å². The molecule has 186 valence electrons. The summed E-state index contributed by atoms with van der Waals surface area (Å²) >= 11 is 6.82. The Morgan fingerprint density at radius 1 is 0.921 bits per heavy atom. The third-order valence-corrected chi connectivity index (χ3v) is 7.27. The first-order chi connectivity index (χ1) is 18.4. The number of amides is 2. The monoisotopic (exact) mass is 541 g/mol. The Labute approximate surface area is 223 Å². The molecule has 0 saturated heterocycles. The van der Waals surface area contributed by atoms with Gasteiger partial charge in [-0.1, -0.05) is 71.5 Å². The molecular formula is C27H16ClN5O4S. The first kappa shape index (κ1) is 23.7. The Kier molecular flexibility index (Phi) is 5.82. The second-order valence-electron chi connectivity index (χ2n) is 8.40. The molecule has 0 saturated carbocycles. The highest BCUT2D eigenvalue weighted by atomic mass is 35.5. The number of carbonyl (C=O) groups excluding carboxylic acids is 2. The van der Waals surface area contributed by atoms with E-state index in [-0.39, 0.29) is 27.3 Å². The van der Waals surface area contributed by atoms with Crippen LogP contribution < -0.4 is 25.9 Å². The van der Waals surface area contributed by atoms with Gasteiger partial charge in [-0.15, -0.1) is 0 Å². The minimum absolute atomic E-state index is 0.0354. The molecule has 0 spiro atoms. The van der Waals surface area contributed by atoms with Gasteiger partial charge in [0.15, 0.2) is 5.69 Å². The Morgan fingerprint density at radius 3 is 2.39 bits per heavy atom. The molecule has 0 radical (unpaired) electrons. The number of hydrogen-bond acceptors (Lipinski definition) is 7. The Balaban J connectivity index is 1.44. The van der Waals surface area contributed by atoms with Gasteiger partial charge in [-0.2, -0.15) is 14.6 Å². The van der Waals surface area contributed by atoms with Crippen molar-refractivity contribution in [1.29, 1.82) is 0 Å². The van der Waals surface area contributed by atoms with Crippen LogP contribution >= 0.6 is 22.9 Å². The van der Waals surface area contributed by atoms with Gasteiger partial charge < -0.3 is 5.32 Å². The third-order valence-electron chi connectivity index (χ3n) is 5.99. The Morgan fingerprint density at radius 2 is 1.63 bits per heavy atom. The molecule has 9 nitrogen and oxygen atoms in total. The van der Waals surface area contributed by atoms with E-state index in [4.69, 9.17) is 11.6 Å². The minimum atomic E-state index is -0.576. The van der Waals surface area contributed by atoms with Crippen molar-refractivity contribution in [3.63, 3.8) is 0 Å². The van der Waals surface area contributed by atoms with E-state index >= 15 is 0 Å². The maximum absolute atomic E-state index is 13.6. The van der Waals surface area contributed by atoms with Crippen LogP contribution in [0.2, 0.25) is 5.02 Å². The van der Waals surface area contributed by atoms with Crippen LogP contribution in [0.4, 0.5) is 11.4 Å². The van der Waals surface area contributed by atoms with E-state index < -0.39 is 22.9 Å². The highest BCUT2D eigenvalue weighted by molar-refractivity contribution is 7.15. The number of nitrogens with one attached hydrogen (secondary N) is 1. The first-order valence-electron chi connectivity index (χ1n) is 11.4. The lowest BCUT2D eigenvalue weighted by Gasteiger charge is -2.16. The zero-order valence-electron chi connectivity index (χ0n) is 19.4. The normalized spacial score (nSPS) is 14.1. The number of aromatic nitrogens is 3. The van der Waals surface area contributed by atoms with Crippen LogP contribution in [-0.4, -0.2) is 33.0 Å². The lowest BCUT2D eigenvalue weighted by molar-refractivity contribution is -0.118. The van der Waals surface area contributed by atoms with E-state index in [0.29, 0.717) is 27.5 Å². The van der Waals surface area contributed by atoms with Crippen molar-refractivity contribution in [1.82, 2.24) is 14.6 Å². The van der Waals surface area contributed by atoms with Gasteiger partial charge in [0.25, 0.3) is 11.5 Å². The van der Waals surface area contributed by atoms with Crippen LogP contribution in [0.25, 0.3) is 21.8 Å². The zero-order chi connectivity index (χ0) is 26.4. The molecule has 1 aliphatic heterocycles. The fourth-order valence-corrected chi connectivity index (χ4v) is 5.39. The summed E-state index contributed by atoms with van der Waals surface area (Å²) in [5.74, 6) is -0.927. The van der Waals surface area contributed by atoms with Crippen molar-refractivity contribution in [2.24, 2.45) is 0 Å². The molecular weight excluding hydrogens is 526 g/mol. The number of para-hydroxylation sites is 1. The molecule has 2 aromatic heterocycles. The largest absolute Gasteiger partial charge is 0.325 e.